The molecule has 0 aliphatic carbocycles. The molecule has 2 N–H and O–H groups in total. The van der Waals surface area contributed by atoms with Crippen molar-refractivity contribution in [1.29, 1.82) is 0 Å². The van der Waals surface area contributed by atoms with Crippen molar-refractivity contribution in [2.75, 3.05) is 49.6 Å². The number of carbonyl (C=O) groups is 1. The Hall–Kier alpha value is -1.93. The van der Waals surface area contributed by atoms with Crippen molar-refractivity contribution in [1.82, 2.24) is 20.2 Å². The molecular weight excluding hydrogens is 332 g/mol. The summed E-state index contributed by atoms with van der Waals surface area (Å²) < 4.78 is 0. The Labute approximate surface area is 154 Å². The lowest BCUT2D eigenvalue weighted by atomic mass is 10.0. The Morgan fingerprint density at radius 2 is 1.92 bits per heavy atom. The first kappa shape index (κ1) is 17.5. The van der Waals surface area contributed by atoms with E-state index in [4.69, 9.17) is 0 Å². The van der Waals surface area contributed by atoms with Gasteiger partial charge in [-0.2, -0.15) is 0 Å². The van der Waals surface area contributed by atoms with Crippen LogP contribution in [-0.4, -0.2) is 77.8 Å². The molecule has 1 aromatic heterocycles. The summed E-state index contributed by atoms with van der Waals surface area (Å²) in [6.07, 6.45) is 5.58. The standard InChI is InChI=1S/C18H28N6O2/c1-22-10-16(26)24(13-4-6-19-7-5-13)9-15-17(22)20-12-21-18(15)23-8-2-3-14(23)11-25/h12-14,19,25H,2-11H2,1H3. The first-order valence-corrected chi connectivity index (χ1v) is 9.61. The molecule has 8 heteroatoms. The van der Waals surface area contributed by atoms with E-state index in [0.717, 1.165) is 62.5 Å². The molecule has 142 valence electrons. The van der Waals surface area contributed by atoms with Crippen LogP contribution in [0.5, 0.6) is 0 Å². The minimum atomic E-state index is 0.102. The summed E-state index contributed by atoms with van der Waals surface area (Å²) in [7, 11) is 1.92. The molecule has 1 unspecified atom stereocenters. The zero-order valence-corrected chi connectivity index (χ0v) is 15.4. The summed E-state index contributed by atoms with van der Waals surface area (Å²) in [4.78, 5) is 28.1. The Kier molecular flexibility index (Phi) is 4.95. The molecule has 2 saturated heterocycles. The minimum absolute atomic E-state index is 0.102. The minimum Gasteiger partial charge on any atom is -0.394 e. The molecule has 4 rings (SSSR count). The number of aliphatic hydroxyl groups is 1. The van der Waals surface area contributed by atoms with Crippen molar-refractivity contribution < 1.29 is 9.90 Å². The second-order valence-electron chi connectivity index (χ2n) is 7.53. The van der Waals surface area contributed by atoms with E-state index in [1.54, 1.807) is 6.33 Å². The van der Waals surface area contributed by atoms with E-state index in [-0.39, 0.29) is 24.6 Å². The SMILES string of the molecule is CN1CC(=O)N(C2CCNCC2)Cc2c1ncnc2N1CCCC1CO. The van der Waals surface area contributed by atoms with E-state index < -0.39 is 0 Å². The van der Waals surface area contributed by atoms with E-state index in [1.165, 1.54) is 0 Å². The zero-order valence-electron chi connectivity index (χ0n) is 15.4. The molecule has 0 spiro atoms. The van der Waals surface area contributed by atoms with Gasteiger partial charge in [-0.15, -0.1) is 0 Å². The van der Waals surface area contributed by atoms with E-state index in [0.29, 0.717) is 13.1 Å². The summed E-state index contributed by atoms with van der Waals surface area (Å²) >= 11 is 0. The van der Waals surface area contributed by atoms with Crippen LogP contribution >= 0.6 is 0 Å². The van der Waals surface area contributed by atoms with Gasteiger partial charge in [0.05, 0.1) is 31.3 Å². The van der Waals surface area contributed by atoms with E-state index >= 15 is 0 Å². The first-order chi connectivity index (χ1) is 12.7. The summed E-state index contributed by atoms with van der Waals surface area (Å²) in [5.41, 5.74) is 1.01. The van der Waals surface area contributed by atoms with Crippen LogP contribution in [0.2, 0.25) is 0 Å². The molecular formula is C18H28N6O2. The number of amides is 1. The van der Waals surface area contributed by atoms with Gasteiger partial charge in [0, 0.05) is 19.6 Å². The van der Waals surface area contributed by atoms with Gasteiger partial charge in [-0.25, -0.2) is 9.97 Å². The van der Waals surface area contributed by atoms with Crippen molar-refractivity contribution in [3.05, 3.63) is 11.9 Å². The van der Waals surface area contributed by atoms with Gasteiger partial charge in [0.2, 0.25) is 5.91 Å². The highest BCUT2D eigenvalue weighted by atomic mass is 16.3. The van der Waals surface area contributed by atoms with Crippen molar-refractivity contribution in [2.24, 2.45) is 0 Å². The van der Waals surface area contributed by atoms with Gasteiger partial charge >= 0.3 is 0 Å². The van der Waals surface area contributed by atoms with Crippen LogP contribution in [0, 0.1) is 0 Å². The second-order valence-corrected chi connectivity index (χ2v) is 7.53. The highest BCUT2D eigenvalue weighted by Crippen LogP contribution is 2.34. The molecule has 0 radical (unpaired) electrons. The zero-order chi connectivity index (χ0) is 18.1. The molecule has 4 heterocycles. The Morgan fingerprint density at radius 3 is 2.69 bits per heavy atom. The fourth-order valence-electron chi connectivity index (χ4n) is 4.49. The fraction of sp³-hybridized carbons (Fsp3) is 0.722. The number of rotatable bonds is 3. The smallest absolute Gasteiger partial charge is 0.242 e. The summed E-state index contributed by atoms with van der Waals surface area (Å²) in [6, 6.07) is 0.369. The molecule has 0 bridgehead atoms. The maximum Gasteiger partial charge on any atom is 0.242 e. The molecule has 3 aliphatic heterocycles. The van der Waals surface area contributed by atoms with E-state index in [2.05, 4.69) is 20.2 Å². The number of fused-ring (bicyclic) bond motifs is 1. The number of nitrogens with zero attached hydrogens (tertiary/aromatic N) is 5. The number of anilines is 2. The number of carbonyl (C=O) groups excluding carboxylic acids is 1. The van der Waals surface area contributed by atoms with Crippen LogP contribution in [0.4, 0.5) is 11.6 Å². The van der Waals surface area contributed by atoms with E-state index in [1.807, 2.05) is 16.8 Å². The number of hydrogen-bond donors (Lipinski definition) is 2. The van der Waals surface area contributed by atoms with Crippen LogP contribution in [0.1, 0.15) is 31.2 Å². The topological polar surface area (TPSA) is 84.8 Å². The summed E-state index contributed by atoms with van der Waals surface area (Å²) in [5.74, 6) is 1.87. The molecule has 0 saturated carbocycles. The van der Waals surface area contributed by atoms with Crippen LogP contribution in [0.15, 0.2) is 6.33 Å². The Bertz CT molecular complexity index is 663. The molecule has 26 heavy (non-hydrogen) atoms. The molecule has 1 aromatic rings. The average molecular weight is 360 g/mol. The van der Waals surface area contributed by atoms with Gasteiger partial charge < -0.3 is 25.1 Å². The lowest BCUT2D eigenvalue weighted by Crippen LogP contribution is -2.47. The molecule has 0 aromatic carbocycles. The van der Waals surface area contributed by atoms with Gasteiger partial charge in [-0.3, -0.25) is 4.79 Å². The van der Waals surface area contributed by atoms with Crippen LogP contribution in [-0.2, 0) is 11.3 Å². The molecule has 8 nitrogen and oxygen atoms in total. The number of aromatic nitrogens is 2. The predicted molar refractivity (Wildman–Crippen MR) is 99.2 cm³/mol. The number of aliphatic hydroxyl groups excluding tert-OH is 1. The highest BCUT2D eigenvalue weighted by Gasteiger charge is 2.35. The van der Waals surface area contributed by atoms with Crippen molar-refractivity contribution in [3.63, 3.8) is 0 Å². The van der Waals surface area contributed by atoms with Gasteiger partial charge in [0.1, 0.15) is 18.0 Å². The van der Waals surface area contributed by atoms with Gasteiger partial charge in [-0.1, -0.05) is 0 Å². The van der Waals surface area contributed by atoms with Gasteiger partial charge in [0.15, 0.2) is 0 Å². The first-order valence-electron chi connectivity index (χ1n) is 9.61. The average Bonchev–Trinajstić information content (AvgIpc) is 3.10. The third-order valence-corrected chi connectivity index (χ3v) is 5.89. The van der Waals surface area contributed by atoms with Gasteiger partial charge in [-0.05, 0) is 38.8 Å². The Balaban J connectivity index is 1.71. The molecule has 3 aliphatic rings. The van der Waals surface area contributed by atoms with E-state index in [9.17, 15) is 9.90 Å². The summed E-state index contributed by atoms with van der Waals surface area (Å²) in [5, 5.41) is 13.1. The van der Waals surface area contributed by atoms with Crippen molar-refractivity contribution in [2.45, 2.75) is 44.3 Å². The Morgan fingerprint density at radius 1 is 1.15 bits per heavy atom. The highest BCUT2D eigenvalue weighted by molar-refractivity contribution is 5.84. The lowest BCUT2D eigenvalue weighted by molar-refractivity contribution is -0.133. The monoisotopic (exact) mass is 360 g/mol. The van der Waals surface area contributed by atoms with Crippen molar-refractivity contribution in [3.8, 4) is 0 Å². The quantitative estimate of drug-likeness (QED) is 0.783. The third kappa shape index (κ3) is 3.12. The molecule has 1 atom stereocenters. The number of piperidine rings is 1. The normalized spacial score (nSPS) is 24.8. The molecule has 2 fully saturated rings. The largest absolute Gasteiger partial charge is 0.394 e. The van der Waals surface area contributed by atoms with Crippen LogP contribution in [0.3, 0.4) is 0 Å². The lowest BCUT2D eigenvalue weighted by Gasteiger charge is -2.34. The van der Waals surface area contributed by atoms with Crippen molar-refractivity contribution >= 4 is 17.5 Å². The fourth-order valence-corrected chi connectivity index (χ4v) is 4.49. The number of hydrogen-bond acceptors (Lipinski definition) is 7. The predicted octanol–water partition coefficient (Wildman–Crippen LogP) is -0.0319. The number of likely N-dealkylation sites (N-methyl/N-ethyl adjacent to an activating group) is 1. The van der Waals surface area contributed by atoms with Gasteiger partial charge in [0.25, 0.3) is 0 Å². The maximum atomic E-state index is 12.9. The number of nitrogens with one attached hydrogen (secondary N) is 1. The van der Waals surface area contributed by atoms with Crippen LogP contribution in [0.25, 0.3) is 0 Å². The molecule has 1 amide bonds. The summed E-state index contributed by atoms with van der Waals surface area (Å²) in [6.45, 7) is 3.82. The third-order valence-electron chi connectivity index (χ3n) is 5.89. The van der Waals surface area contributed by atoms with Crippen LogP contribution < -0.4 is 15.1 Å². The second kappa shape index (κ2) is 7.36. The maximum absolute atomic E-state index is 12.9.